The van der Waals surface area contributed by atoms with Gasteiger partial charge in [-0.1, -0.05) is 67.6 Å². The maximum Gasteiger partial charge on any atom is 0.210 e. The molecular weight excluding hydrogens is 278 g/mol. The summed E-state index contributed by atoms with van der Waals surface area (Å²) in [6, 6.07) is 18.6. The highest BCUT2D eigenvalue weighted by molar-refractivity contribution is 7.18. The van der Waals surface area contributed by atoms with Crippen molar-refractivity contribution in [3.05, 3.63) is 60.2 Å². The Bertz CT molecular complexity index is 702. The summed E-state index contributed by atoms with van der Waals surface area (Å²) in [5, 5.41) is 13.5. The molecule has 21 heavy (non-hydrogen) atoms. The average Bonchev–Trinajstić information content (AvgIpc) is 2.97. The van der Waals surface area contributed by atoms with E-state index in [-0.39, 0.29) is 0 Å². The van der Waals surface area contributed by atoms with Gasteiger partial charge in [0.05, 0.1) is 0 Å². The molecule has 0 atom stereocenters. The first-order chi connectivity index (χ1) is 10.2. The summed E-state index contributed by atoms with van der Waals surface area (Å²) in [6.45, 7) is 4.39. The second-order valence-corrected chi connectivity index (χ2v) is 6.16. The molecule has 0 spiro atoms. The van der Waals surface area contributed by atoms with E-state index < -0.39 is 0 Å². The van der Waals surface area contributed by atoms with E-state index in [1.165, 1.54) is 5.56 Å². The predicted octanol–water partition coefficient (Wildman–Crippen LogP) is 5.07. The lowest BCUT2D eigenvalue weighted by Gasteiger charge is -2.04. The van der Waals surface area contributed by atoms with Crippen LogP contribution in [0, 0.1) is 0 Å². The van der Waals surface area contributed by atoms with E-state index in [9.17, 15) is 0 Å². The fourth-order valence-electron chi connectivity index (χ4n) is 2.05. The third kappa shape index (κ3) is 3.28. The molecule has 3 aromatic rings. The molecule has 106 valence electrons. The summed E-state index contributed by atoms with van der Waals surface area (Å²) in [7, 11) is 0. The van der Waals surface area contributed by atoms with Crippen LogP contribution < -0.4 is 5.32 Å². The Hall–Kier alpha value is -2.20. The highest BCUT2D eigenvalue weighted by Gasteiger charge is 2.07. The van der Waals surface area contributed by atoms with Gasteiger partial charge in [0.2, 0.25) is 5.13 Å². The molecule has 0 aliphatic carbocycles. The van der Waals surface area contributed by atoms with E-state index >= 15 is 0 Å². The number of para-hydroxylation sites is 1. The van der Waals surface area contributed by atoms with Crippen molar-refractivity contribution in [1.82, 2.24) is 10.2 Å². The largest absolute Gasteiger partial charge is 0.330 e. The molecule has 0 radical (unpaired) electrons. The number of hydrogen-bond donors (Lipinski definition) is 1. The Morgan fingerprint density at radius 3 is 2.29 bits per heavy atom. The van der Waals surface area contributed by atoms with Crippen molar-refractivity contribution in [2.24, 2.45) is 0 Å². The minimum absolute atomic E-state index is 0.545. The number of aromatic nitrogens is 2. The van der Waals surface area contributed by atoms with Gasteiger partial charge in [-0.15, -0.1) is 10.2 Å². The Kier molecular flexibility index (Phi) is 3.97. The van der Waals surface area contributed by atoms with Crippen LogP contribution in [0.5, 0.6) is 0 Å². The number of nitrogens with one attached hydrogen (secondary N) is 1. The van der Waals surface area contributed by atoms with Crippen LogP contribution in [0.15, 0.2) is 54.6 Å². The Morgan fingerprint density at radius 1 is 0.905 bits per heavy atom. The molecule has 0 amide bonds. The summed E-state index contributed by atoms with van der Waals surface area (Å²) >= 11 is 1.56. The van der Waals surface area contributed by atoms with Gasteiger partial charge < -0.3 is 5.32 Å². The molecule has 0 saturated heterocycles. The summed E-state index contributed by atoms with van der Waals surface area (Å²) < 4.78 is 0. The Labute approximate surface area is 128 Å². The Balaban J connectivity index is 1.78. The lowest BCUT2D eigenvalue weighted by Crippen LogP contribution is -1.87. The summed E-state index contributed by atoms with van der Waals surface area (Å²) in [5.41, 5.74) is 3.47. The fraction of sp³-hybridized carbons (Fsp3) is 0.176. The third-order valence-corrected chi connectivity index (χ3v) is 4.16. The van der Waals surface area contributed by atoms with Crippen LogP contribution in [0.4, 0.5) is 10.8 Å². The summed E-state index contributed by atoms with van der Waals surface area (Å²) in [4.78, 5) is 0. The maximum atomic E-state index is 4.26. The van der Waals surface area contributed by atoms with Gasteiger partial charge >= 0.3 is 0 Å². The molecule has 1 N–H and O–H groups in total. The average molecular weight is 295 g/mol. The summed E-state index contributed by atoms with van der Waals surface area (Å²) in [5.74, 6) is 0.545. The number of benzene rings is 2. The standard InChI is InChI=1S/C17H17N3S/c1-12(2)13-8-10-14(11-9-13)16-19-20-17(21-16)18-15-6-4-3-5-7-15/h3-12H,1-2H3,(H,18,20). The minimum Gasteiger partial charge on any atom is -0.330 e. The number of anilines is 2. The first kappa shape index (κ1) is 13.8. The minimum atomic E-state index is 0.545. The maximum absolute atomic E-state index is 4.26. The number of nitrogens with zero attached hydrogens (tertiary/aromatic N) is 2. The predicted molar refractivity (Wildman–Crippen MR) is 89.2 cm³/mol. The molecular formula is C17H17N3S. The van der Waals surface area contributed by atoms with Crippen molar-refractivity contribution in [3.63, 3.8) is 0 Å². The molecule has 3 rings (SSSR count). The van der Waals surface area contributed by atoms with Crippen LogP contribution >= 0.6 is 11.3 Å². The molecule has 0 aliphatic rings. The van der Waals surface area contributed by atoms with Crippen molar-refractivity contribution in [2.75, 3.05) is 5.32 Å². The van der Waals surface area contributed by atoms with Crippen LogP contribution in [0.25, 0.3) is 10.6 Å². The van der Waals surface area contributed by atoms with Gasteiger partial charge in [-0.2, -0.15) is 0 Å². The smallest absolute Gasteiger partial charge is 0.210 e. The van der Waals surface area contributed by atoms with Gasteiger partial charge in [-0.05, 0) is 23.6 Å². The van der Waals surface area contributed by atoms with Gasteiger partial charge in [-0.3, -0.25) is 0 Å². The second kappa shape index (κ2) is 6.06. The second-order valence-electron chi connectivity index (χ2n) is 5.18. The van der Waals surface area contributed by atoms with Gasteiger partial charge in [-0.25, -0.2) is 0 Å². The molecule has 3 nitrogen and oxygen atoms in total. The van der Waals surface area contributed by atoms with Crippen molar-refractivity contribution in [2.45, 2.75) is 19.8 Å². The molecule has 0 bridgehead atoms. The fourth-order valence-corrected chi connectivity index (χ4v) is 2.82. The number of hydrogen-bond acceptors (Lipinski definition) is 4. The lowest BCUT2D eigenvalue weighted by molar-refractivity contribution is 0.867. The van der Waals surface area contributed by atoms with E-state index in [1.807, 2.05) is 30.3 Å². The van der Waals surface area contributed by atoms with Gasteiger partial charge in [0.15, 0.2) is 0 Å². The van der Waals surface area contributed by atoms with Crippen LogP contribution in [0.1, 0.15) is 25.3 Å². The SMILES string of the molecule is CC(C)c1ccc(-c2nnc(Nc3ccccc3)s2)cc1. The van der Waals surface area contributed by atoms with Gasteiger partial charge in [0.1, 0.15) is 5.01 Å². The zero-order chi connectivity index (χ0) is 14.7. The quantitative estimate of drug-likeness (QED) is 0.730. The van der Waals surface area contributed by atoms with Crippen LogP contribution in [0.3, 0.4) is 0 Å². The van der Waals surface area contributed by atoms with E-state index in [2.05, 4.69) is 53.6 Å². The highest BCUT2D eigenvalue weighted by Crippen LogP contribution is 2.29. The molecule has 0 aliphatic heterocycles. The van der Waals surface area contributed by atoms with E-state index in [0.717, 1.165) is 21.4 Å². The van der Waals surface area contributed by atoms with Gasteiger partial charge in [0.25, 0.3) is 0 Å². The molecule has 0 fully saturated rings. The topological polar surface area (TPSA) is 37.8 Å². The highest BCUT2D eigenvalue weighted by atomic mass is 32.1. The lowest BCUT2D eigenvalue weighted by atomic mass is 10.0. The third-order valence-electron chi connectivity index (χ3n) is 3.27. The van der Waals surface area contributed by atoms with E-state index in [4.69, 9.17) is 0 Å². The van der Waals surface area contributed by atoms with Crippen molar-refractivity contribution in [3.8, 4) is 10.6 Å². The Morgan fingerprint density at radius 2 is 1.62 bits per heavy atom. The van der Waals surface area contributed by atoms with Gasteiger partial charge in [0, 0.05) is 11.3 Å². The first-order valence-electron chi connectivity index (χ1n) is 6.98. The van der Waals surface area contributed by atoms with Crippen molar-refractivity contribution < 1.29 is 0 Å². The molecule has 4 heteroatoms. The van der Waals surface area contributed by atoms with Crippen LogP contribution in [-0.4, -0.2) is 10.2 Å². The zero-order valence-corrected chi connectivity index (χ0v) is 12.9. The molecule has 1 heterocycles. The van der Waals surface area contributed by atoms with Crippen LogP contribution in [-0.2, 0) is 0 Å². The summed E-state index contributed by atoms with van der Waals surface area (Å²) in [6.07, 6.45) is 0. The monoisotopic (exact) mass is 295 g/mol. The normalized spacial score (nSPS) is 10.8. The van der Waals surface area contributed by atoms with Crippen LogP contribution in [0.2, 0.25) is 0 Å². The molecule has 1 aromatic heterocycles. The van der Waals surface area contributed by atoms with Crippen molar-refractivity contribution >= 4 is 22.2 Å². The molecule has 2 aromatic carbocycles. The molecule has 0 saturated carbocycles. The first-order valence-corrected chi connectivity index (χ1v) is 7.80. The van der Waals surface area contributed by atoms with E-state index in [0.29, 0.717) is 5.92 Å². The zero-order valence-electron chi connectivity index (χ0n) is 12.1. The number of rotatable bonds is 4. The van der Waals surface area contributed by atoms with E-state index in [1.54, 1.807) is 11.3 Å². The van der Waals surface area contributed by atoms with Crippen molar-refractivity contribution in [1.29, 1.82) is 0 Å². The molecule has 0 unspecified atom stereocenters.